The summed E-state index contributed by atoms with van der Waals surface area (Å²) in [7, 11) is 0. The van der Waals surface area contributed by atoms with Crippen molar-refractivity contribution >= 4 is 5.69 Å². The Morgan fingerprint density at radius 3 is 2.53 bits per heavy atom. The highest BCUT2D eigenvalue weighted by molar-refractivity contribution is 5.80. The Labute approximate surface area is 99.8 Å². The van der Waals surface area contributed by atoms with Crippen molar-refractivity contribution in [1.29, 1.82) is 0 Å². The zero-order chi connectivity index (χ0) is 12.3. The summed E-state index contributed by atoms with van der Waals surface area (Å²) < 4.78 is 18.9. The predicted octanol–water partition coefficient (Wildman–Crippen LogP) is 3.47. The Morgan fingerprint density at radius 2 is 1.76 bits per heavy atom. The van der Waals surface area contributed by atoms with Gasteiger partial charge in [-0.15, -0.1) is 0 Å². The minimum Gasteiger partial charge on any atom is -0.493 e. The van der Waals surface area contributed by atoms with E-state index in [1.54, 1.807) is 12.1 Å². The van der Waals surface area contributed by atoms with Crippen LogP contribution in [0, 0.1) is 5.82 Å². The zero-order valence-electron chi connectivity index (χ0n) is 9.61. The molecule has 2 nitrogen and oxygen atoms in total. The molecule has 0 aromatic heterocycles. The highest BCUT2D eigenvalue weighted by Crippen LogP contribution is 2.34. The van der Waals surface area contributed by atoms with Gasteiger partial charge in [0.2, 0.25) is 0 Å². The summed E-state index contributed by atoms with van der Waals surface area (Å²) in [6.07, 6.45) is 0. The quantitative estimate of drug-likeness (QED) is 0.821. The van der Waals surface area contributed by atoms with Crippen LogP contribution >= 0.6 is 0 Å². The second-order valence-corrected chi connectivity index (χ2v) is 3.63. The van der Waals surface area contributed by atoms with E-state index in [-0.39, 0.29) is 5.69 Å². The fourth-order valence-corrected chi connectivity index (χ4v) is 1.74. The van der Waals surface area contributed by atoms with Gasteiger partial charge in [0.05, 0.1) is 12.3 Å². The molecule has 0 aliphatic rings. The van der Waals surface area contributed by atoms with Gasteiger partial charge in [-0.3, -0.25) is 0 Å². The lowest BCUT2D eigenvalue weighted by atomic mass is 10.0. The van der Waals surface area contributed by atoms with E-state index in [1.165, 1.54) is 6.07 Å². The molecule has 2 aromatic carbocycles. The standard InChI is InChI=1S/C14H14FNO/c1-2-17-13-9-4-3-6-10(13)11-7-5-8-12(15)14(11)16/h3-9H,2,16H2,1H3. The predicted molar refractivity (Wildman–Crippen MR) is 67.4 cm³/mol. The van der Waals surface area contributed by atoms with Crippen LogP contribution in [0.3, 0.4) is 0 Å². The Kier molecular flexibility index (Phi) is 3.28. The minimum absolute atomic E-state index is 0.152. The van der Waals surface area contributed by atoms with E-state index in [0.717, 1.165) is 5.56 Å². The van der Waals surface area contributed by atoms with Crippen LogP contribution in [-0.2, 0) is 0 Å². The van der Waals surface area contributed by atoms with E-state index in [9.17, 15) is 4.39 Å². The maximum absolute atomic E-state index is 13.4. The van der Waals surface area contributed by atoms with Gasteiger partial charge >= 0.3 is 0 Å². The summed E-state index contributed by atoms with van der Waals surface area (Å²) in [5.74, 6) is 0.307. The number of nitrogens with two attached hydrogens (primary N) is 1. The van der Waals surface area contributed by atoms with Crippen LogP contribution in [0.15, 0.2) is 42.5 Å². The second-order valence-electron chi connectivity index (χ2n) is 3.63. The Morgan fingerprint density at radius 1 is 1.06 bits per heavy atom. The van der Waals surface area contributed by atoms with Crippen LogP contribution in [0.2, 0.25) is 0 Å². The number of para-hydroxylation sites is 2. The van der Waals surface area contributed by atoms with E-state index >= 15 is 0 Å². The third-order valence-corrected chi connectivity index (χ3v) is 2.53. The Hall–Kier alpha value is -2.03. The third kappa shape index (κ3) is 2.23. The van der Waals surface area contributed by atoms with Gasteiger partial charge in [0.1, 0.15) is 11.6 Å². The molecule has 88 valence electrons. The number of benzene rings is 2. The van der Waals surface area contributed by atoms with E-state index < -0.39 is 5.82 Å². The molecular weight excluding hydrogens is 217 g/mol. The molecule has 0 heterocycles. The first-order valence-electron chi connectivity index (χ1n) is 5.50. The van der Waals surface area contributed by atoms with E-state index in [4.69, 9.17) is 10.5 Å². The summed E-state index contributed by atoms with van der Waals surface area (Å²) in [4.78, 5) is 0. The molecule has 17 heavy (non-hydrogen) atoms. The highest BCUT2D eigenvalue weighted by Gasteiger charge is 2.10. The van der Waals surface area contributed by atoms with Crippen molar-refractivity contribution < 1.29 is 9.13 Å². The molecule has 0 spiro atoms. The maximum atomic E-state index is 13.4. The Balaban J connectivity index is 2.56. The topological polar surface area (TPSA) is 35.2 Å². The van der Waals surface area contributed by atoms with Crippen LogP contribution in [0.25, 0.3) is 11.1 Å². The first-order chi connectivity index (χ1) is 8.24. The summed E-state index contributed by atoms with van der Waals surface area (Å²) in [6.45, 7) is 2.47. The normalized spacial score (nSPS) is 10.2. The van der Waals surface area contributed by atoms with Crippen molar-refractivity contribution in [3.8, 4) is 16.9 Å². The van der Waals surface area contributed by atoms with Crippen LogP contribution < -0.4 is 10.5 Å². The summed E-state index contributed by atoms with van der Waals surface area (Å²) in [5.41, 5.74) is 7.37. The van der Waals surface area contributed by atoms with Crippen molar-refractivity contribution in [2.24, 2.45) is 0 Å². The molecule has 0 bridgehead atoms. The smallest absolute Gasteiger partial charge is 0.146 e. The van der Waals surface area contributed by atoms with Crippen LogP contribution in [0.4, 0.5) is 10.1 Å². The number of anilines is 1. The van der Waals surface area contributed by atoms with E-state index in [2.05, 4.69) is 0 Å². The maximum Gasteiger partial charge on any atom is 0.146 e. The van der Waals surface area contributed by atoms with Crippen molar-refractivity contribution in [2.45, 2.75) is 6.92 Å². The number of halogens is 1. The van der Waals surface area contributed by atoms with Crippen LogP contribution in [0.5, 0.6) is 5.75 Å². The SMILES string of the molecule is CCOc1ccccc1-c1cccc(F)c1N. The molecule has 2 rings (SSSR count). The second kappa shape index (κ2) is 4.87. The first kappa shape index (κ1) is 11.5. The van der Waals surface area contributed by atoms with Crippen LogP contribution in [-0.4, -0.2) is 6.61 Å². The minimum atomic E-state index is -0.409. The zero-order valence-corrected chi connectivity index (χ0v) is 9.61. The number of hydrogen-bond donors (Lipinski definition) is 1. The monoisotopic (exact) mass is 231 g/mol. The molecule has 0 atom stereocenters. The van der Waals surface area contributed by atoms with Crippen molar-refractivity contribution in [3.05, 3.63) is 48.3 Å². The summed E-state index contributed by atoms with van der Waals surface area (Å²) in [6, 6.07) is 12.3. The first-order valence-corrected chi connectivity index (χ1v) is 5.50. The van der Waals surface area contributed by atoms with Crippen LogP contribution in [0.1, 0.15) is 6.92 Å². The lowest BCUT2D eigenvalue weighted by Gasteiger charge is -2.12. The van der Waals surface area contributed by atoms with Gasteiger partial charge in [-0.1, -0.05) is 30.3 Å². The molecule has 0 aliphatic heterocycles. The number of hydrogen-bond acceptors (Lipinski definition) is 2. The van der Waals surface area contributed by atoms with Crippen molar-refractivity contribution in [2.75, 3.05) is 12.3 Å². The van der Waals surface area contributed by atoms with Gasteiger partial charge in [0, 0.05) is 11.1 Å². The van der Waals surface area contributed by atoms with Gasteiger partial charge < -0.3 is 10.5 Å². The molecule has 0 fully saturated rings. The fourth-order valence-electron chi connectivity index (χ4n) is 1.74. The number of ether oxygens (including phenoxy) is 1. The highest BCUT2D eigenvalue weighted by atomic mass is 19.1. The molecule has 2 aromatic rings. The molecular formula is C14H14FNO. The lowest BCUT2D eigenvalue weighted by molar-refractivity contribution is 0.341. The van der Waals surface area contributed by atoms with Gasteiger partial charge in [-0.05, 0) is 19.1 Å². The molecule has 0 saturated carbocycles. The number of rotatable bonds is 3. The van der Waals surface area contributed by atoms with Gasteiger partial charge in [-0.2, -0.15) is 0 Å². The molecule has 0 amide bonds. The number of nitrogen functional groups attached to an aromatic ring is 1. The lowest BCUT2D eigenvalue weighted by Crippen LogP contribution is -1.97. The van der Waals surface area contributed by atoms with Gasteiger partial charge in [-0.25, -0.2) is 4.39 Å². The van der Waals surface area contributed by atoms with E-state index in [0.29, 0.717) is 17.9 Å². The molecule has 0 aliphatic carbocycles. The van der Waals surface area contributed by atoms with Gasteiger partial charge in [0.25, 0.3) is 0 Å². The fraction of sp³-hybridized carbons (Fsp3) is 0.143. The largest absolute Gasteiger partial charge is 0.493 e. The third-order valence-electron chi connectivity index (χ3n) is 2.53. The average Bonchev–Trinajstić information content (AvgIpc) is 2.34. The van der Waals surface area contributed by atoms with Gasteiger partial charge in [0.15, 0.2) is 0 Å². The molecule has 0 unspecified atom stereocenters. The van der Waals surface area contributed by atoms with Crippen molar-refractivity contribution in [1.82, 2.24) is 0 Å². The summed E-state index contributed by atoms with van der Waals surface area (Å²) >= 11 is 0. The molecule has 2 N–H and O–H groups in total. The van der Waals surface area contributed by atoms with E-state index in [1.807, 2.05) is 31.2 Å². The summed E-state index contributed by atoms with van der Waals surface area (Å²) in [5, 5.41) is 0. The Bertz CT molecular complexity index is 525. The molecule has 0 saturated heterocycles. The molecule has 0 radical (unpaired) electrons. The molecule has 3 heteroatoms. The van der Waals surface area contributed by atoms with Crippen molar-refractivity contribution in [3.63, 3.8) is 0 Å². The average molecular weight is 231 g/mol.